The van der Waals surface area contributed by atoms with E-state index in [0.717, 1.165) is 5.69 Å². The normalized spacial score (nSPS) is 13.1. The van der Waals surface area contributed by atoms with E-state index in [9.17, 15) is 4.79 Å². The van der Waals surface area contributed by atoms with E-state index >= 15 is 0 Å². The summed E-state index contributed by atoms with van der Waals surface area (Å²) in [5, 5.41) is 12.1. The van der Waals surface area contributed by atoms with E-state index in [1.807, 2.05) is 6.92 Å². The van der Waals surface area contributed by atoms with Gasteiger partial charge in [0, 0.05) is 18.7 Å². The zero-order valence-electron chi connectivity index (χ0n) is 12.6. The van der Waals surface area contributed by atoms with E-state index in [2.05, 4.69) is 51.2 Å². The summed E-state index contributed by atoms with van der Waals surface area (Å²) >= 11 is 0. The molecule has 0 aliphatic rings. The topological polar surface area (TPSA) is 49.3 Å². The maximum absolute atomic E-state index is 10.6. The molecule has 3 heteroatoms. The van der Waals surface area contributed by atoms with Crippen molar-refractivity contribution in [3.63, 3.8) is 0 Å². The molecule has 1 atom stereocenters. The Morgan fingerprint density at radius 1 is 1.37 bits per heavy atom. The van der Waals surface area contributed by atoms with Gasteiger partial charge >= 0.3 is 5.97 Å². The van der Waals surface area contributed by atoms with Crippen LogP contribution < -0.4 is 5.32 Å². The molecule has 0 bridgehead atoms. The third-order valence-corrected chi connectivity index (χ3v) is 3.26. The summed E-state index contributed by atoms with van der Waals surface area (Å²) in [6, 6.07) is 6.42. The standard InChI is InChI=1S/C16H25NO2/c1-11(8-15(18)19)10-17-14-7-6-13(9-12(14)2)16(3,4)5/h6-7,9,11,17H,8,10H2,1-5H3,(H,18,19). The number of rotatable bonds is 5. The van der Waals surface area contributed by atoms with Crippen molar-refractivity contribution < 1.29 is 9.90 Å². The molecule has 0 heterocycles. The van der Waals surface area contributed by atoms with Gasteiger partial charge in [0.1, 0.15) is 0 Å². The zero-order valence-corrected chi connectivity index (χ0v) is 12.6. The molecule has 1 rings (SSSR count). The first-order valence-corrected chi connectivity index (χ1v) is 6.77. The number of carbonyl (C=O) groups is 1. The third-order valence-electron chi connectivity index (χ3n) is 3.26. The summed E-state index contributed by atoms with van der Waals surface area (Å²) in [5.41, 5.74) is 3.76. The van der Waals surface area contributed by atoms with Crippen molar-refractivity contribution in [3.05, 3.63) is 29.3 Å². The van der Waals surface area contributed by atoms with Crippen molar-refractivity contribution in [1.29, 1.82) is 0 Å². The number of aliphatic carboxylic acids is 1. The minimum atomic E-state index is -0.742. The van der Waals surface area contributed by atoms with Gasteiger partial charge < -0.3 is 10.4 Å². The average molecular weight is 263 g/mol. The van der Waals surface area contributed by atoms with Crippen molar-refractivity contribution in [2.75, 3.05) is 11.9 Å². The van der Waals surface area contributed by atoms with E-state index in [0.29, 0.717) is 6.54 Å². The van der Waals surface area contributed by atoms with E-state index in [4.69, 9.17) is 5.11 Å². The highest BCUT2D eigenvalue weighted by Crippen LogP contribution is 2.26. The molecule has 0 spiro atoms. The first-order valence-electron chi connectivity index (χ1n) is 6.77. The van der Waals surface area contributed by atoms with Gasteiger partial charge in [0.15, 0.2) is 0 Å². The van der Waals surface area contributed by atoms with Crippen LogP contribution in [-0.2, 0) is 10.2 Å². The van der Waals surface area contributed by atoms with Gasteiger partial charge in [-0.1, -0.05) is 39.8 Å². The van der Waals surface area contributed by atoms with Crippen molar-refractivity contribution in [1.82, 2.24) is 0 Å². The Balaban J connectivity index is 2.68. The second-order valence-electron chi connectivity index (χ2n) is 6.36. The van der Waals surface area contributed by atoms with Crippen molar-refractivity contribution in [2.45, 2.75) is 46.5 Å². The molecule has 0 aliphatic heterocycles. The maximum Gasteiger partial charge on any atom is 0.303 e. The number of nitrogens with one attached hydrogen (secondary N) is 1. The fraction of sp³-hybridized carbons (Fsp3) is 0.562. The second kappa shape index (κ2) is 6.09. The van der Waals surface area contributed by atoms with Crippen LogP contribution in [0, 0.1) is 12.8 Å². The molecule has 0 saturated heterocycles. The lowest BCUT2D eigenvalue weighted by molar-refractivity contribution is -0.137. The van der Waals surface area contributed by atoms with Crippen LogP contribution in [-0.4, -0.2) is 17.6 Å². The summed E-state index contributed by atoms with van der Waals surface area (Å²) in [4.78, 5) is 10.6. The summed E-state index contributed by atoms with van der Waals surface area (Å²) < 4.78 is 0. The number of carboxylic acids is 1. The zero-order chi connectivity index (χ0) is 14.6. The molecule has 0 saturated carbocycles. The van der Waals surface area contributed by atoms with E-state index in [1.165, 1.54) is 11.1 Å². The minimum Gasteiger partial charge on any atom is -0.481 e. The summed E-state index contributed by atoms with van der Waals surface area (Å²) in [5.74, 6) is -0.617. The molecule has 3 nitrogen and oxygen atoms in total. The summed E-state index contributed by atoms with van der Waals surface area (Å²) in [6.07, 6.45) is 0.201. The molecular weight excluding hydrogens is 238 g/mol. The Morgan fingerprint density at radius 3 is 2.47 bits per heavy atom. The van der Waals surface area contributed by atoms with Crippen molar-refractivity contribution in [3.8, 4) is 0 Å². The highest BCUT2D eigenvalue weighted by Gasteiger charge is 2.14. The summed E-state index contributed by atoms with van der Waals surface area (Å²) in [6.45, 7) is 11.3. The maximum atomic E-state index is 10.6. The van der Waals surface area contributed by atoms with Crippen LogP contribution in [0.2, 0.25) is 0 Å². The summed E-state index contributed by atoms with van der Waals surface area (Å²) in [7, 11) is 0. The van der Waals surface area contributed by atoms with Gasteiger partial charge in [-0.3, -0.25) is 4.79 Å². The molecular formula is C16H25NO2. The minimum absolute atomic E-state index is 0.124. The van der Waals surface area contributed by atoms with E-state index in [-0.39, 0.29) is 17.8 Å². The van der Waals surface area contributed by atoms with Crippen LogP contribution >= 0.6 is 0 Å². The Labute approximate surface area is 116 Å². The Morgan fingerprint density at radius 2 is 2.00 bits per heavy atom. The van der Waals surface area contributed by atoms with Gasteiger partial charge in [-0.25, -0.2) is 0 Å². The molecule has 0 fully saturated rings. The molecule has 1 aromatic rings. The monoisotopic (exact) mass is 263 g/mol. The highest BCUT2D eigenvalue weighted by atomic mass is 16.4. The molecule has 19 heavy (non-hydrogen) atoms. The van der Waals surface area contributed by atoms with Crippen LogP contribution in [0.3, 0.4) is 0 Å². The van der Waals surface area contributed by atoms with Crippen LogP contribution in [0.1, 0.15) is 45.2 Å². The van der Waals surface area contributed by atoms with E-state index < -0.39 is 5.97 Å². The number of hydrogen-bond donors (Lipinski definition) is 2. The number of hydrogen-bond acceptors (Lipinski definition) is 2. The predicted molar refractivity (Wildman–Crippen MR) is 79.8 cm³/mol. The average Bonchev–Trinajstić information content (AvgIpc) is 2.25. The smallest absolute Gasteiger partial charge is 0.303 e. The third kappa shape index (κ3) is 4.93. The number of anilines is 1. The number of benzene rings is 1. The second-order valence-corrected chi connectivity index (χ2v) is 6.36. The van der Waals surface area contributed by atoms with Gasteiger partial charge in [0.25, 0.3) is 0 Å². The van der Waals surface area contributed by atoms with Gasteiger partial charge in [0.2, 0.25) is 0 Å². The fourth-order valence-electron chi connectivity index (χ4n) is 1.98. The lowest BCUT2D eigenvalue weighted by atomic mass is 9.86. The Hall–Kier alpha value is -1.51. The predicted octanol–water partition coefficient (Wildman–Crippen LogP) is 3.82. The number of carboxylic acid groups (broad SMARTS) is 1. The van der Waals surface area contributed by atoms with Crippen LogP contribution in [0.25, 0.3) is 0 Å². The van der Waals surface area contributed by atoms with Crippen LogP contribution in [0.15, 0.2) is 18.2 Å². The molecule has 0 radical (unpaired) electrons. The fourth-order valence-corrected chi connectivity index (χ4v) is 1.98. The number of aryl methyl sites for hydroxylation is 1. The van der Waals surface area contributed by atoms with Gasteiger partial charge in [-0.2, -0.15) is 0 Å². The lowest BCUT2D eigenvalue weighted by Crippen LogP contribution is -2.16. The van der Waals surface area contributed by atoms with Gasteiger partial charge in [-0.15, -0.1) is 0 Å². The molecule has 0 aliphatic carbocycles. The Bertz CT molecular complexity index is 447. The first-order chi connectivity index (χ1) is 8.70. The van der Waals surface area contributed by atoms with Gasteiger partial charge in [0.05, 0.1) is 0 Å². The molecule has 1 aromatic carbocycles. The van der Waals surface area contributed by atoms with Crippen molar-refractivity contribution in [2.24, 2.45) is 5.92 Å². The largest absolute Gasteiger partial charge is 0.481 e. The Kier molecular flexibility index (Phi) is 4.98. The van der Waals surface area contributed by atoms with Crippen molar-refractivity contribution >= 4 is 11.7 Å². The van der Waals surface area contributed by atoms with Gasteiger partial charge in [-0.05, 0) is 35.4 Å². The lowest BCUT2D eigenvalue weighted by Gasteiger charge is -2.21. The molecule has 2 N–H and O–H groups in total. The quantitative estimate of drug-likeness (QED) is 0.849. The highest BCUT2D eigenvalue weighted by molar-refractivity contribution is 5.67. The van der Waals surface area contributed by atoms with Crippen LogP contribution in [0.5, 0.6) is 0 Å². The molecule has 106 valence electrons. The first kappa shape index (κ1) is 15.5. The SMILES string of the molecule is Cc1cc(C(C)(C)C)ccc1NCC(C)CC(=O)O. The molecule has 0 amide bonds. The van der Waals surface area contributed by atoms with E-state index in [1.54, 1.807) is 0 Å². The molecule has 1 unspecified atom stereocenters. The van der Waals surface area contributed by atoms with Crippen LogP contribution in [0.4, 0.5) is 5.69 Å². The molecule has 0 aromatic heterocycles.